The lowest BCUT2D eigenvalue weighted by molar-refractivity contribution is 0.214. The van der Waals surface area contributed by atoms with E-state index in [0.29, 0.717) is 23.9 Å². The van der Waals surface area contributed by atoms with Crippen LogP contribution in [0.1, 0.15) is 32.1 Å². The standard InChI is InChI=1S/C25H29NO5/c1-29-24-22(30-15-9-8-14-26-12-6-3-7-13-26)17-20(28)23-19(27)16-21(31-25(23)24)18-10-4-2-5-11-18/h2,4-5,10-11,16-17,28H,3,6-9,12-15H2,1H3. The normalized spacial score (nSPS) is 14.6. The van der Waals surface area contributed by atoms with E-state index in [1.54, 1.807) is 0 Å². The van der Waals surface area contributed by atoms with Gasteiger partial charge in [0.1, 0.15) is 16.9 Å². The lowest BCUT2D eigenvalue weighted by Crippen LogP contribution is -2.30. The average molecular weight is 424 g/mol. The molecule has 0 unspecified atom stereocenters. The third-order valence-electron chi connectivity index (χ3n) is 5.74. The summed E-state index contributed by atoms with van der Waals surface area (Å²) >= 11 is 0. The molecule has 1 aliphatic rings. The van der Waals surface area contributed by atoms with Gasteiger partial charge in [-0.15, -0.1) is 0 Å². The Bertz CT molecular complexity index is 1070. The zero-order chi connectivity index (χ0) is 21.6. The highest BCUT2D eigenvalue weighted by molar-refractivity contribution is 5.91. The highest BCUT2D eigenvalue weighted by atomic mass is 16.5. The highest BCUT2D eigenvalue weighted by Crippen LogP contribution is 2.41. The highest BCUT2D eigenvalue weighted by Gasteiger charge is 2.20. The first-order valence-electron chi connectivity index (χ1n) is 11.0. The number of ether oxygens (including phenoxy) is 2. The molecule has 2 heterocycles. The topological polar surface area (TPSA) is 72.1 Å². The van der Waals surface area contributed by atoms with E-state index in [-0.39, 0.29) is 22.1 Å². The van der Waals surface area contributed by atoms with Crippen LogP contribution in [-0.4, -0.2) is 43.4 Å². The minimum Gasteiger partial charge on any atom is -0.507 e. The number of nitrogens with zero attached hydrogens (tertiary/aromatic N) is 1. The molecule has 0 saturated carbocycles. The van der Waals surface area contributed by atoms with Gasteiger partial charge in [0.05, 0.1) is 13.7 Å². The van der Waals surface area contributed by atoms with Gasteiger partial charge in [0, 0.05) is 17.7 Å². The largest absolute Gasteiger partial charge is 0.507 e. The molecule has 0 spiro atoms. The average Bonchev–Trinajstić information content (AvgIpc) is 2.80. The molecular formula is C25H29NO5. The molecule has 3 aromatic rings. The van der Waals surface area contributed by atoms with Gasteiger partial charge in [-0.2, -0.15) is 0 Å². The maximum atomic E-state index is 12.7. The summed E-state index contributed by atoms with van der Waals surface area (Å²) in [7, 11) is 1.50. The molecule has 1 fully saturated rings. The maximum Gasteiger partial charge on any atom is 0.205 e. The quantitative estimate of drug-likeness (QED) is 0.524. The van der Waals surface area contributed by atoms with Gasteiger partial charge in [0.2, 0.25) is 5.75 Å². The van der Waals surface area contributed by atoms with Crippen molar-refractivity contribution in [1.82, 2.24) is 4.90 Å². The molecule has 6 nitrogen and oxygen atoms in total. The van der Waals surface area contributed by atoms with Crippen LogP contribution in [0.15, 0.2) is 51.7 Å². The van der Waals surface area contributed by atoms with E-state index in [4.69, 9.17) is 13.9 Å². The molecule has 0 amide bonds. The predicted octanol–water partition coefficient (Wildman–Crippen LogP) is 4.82. The molecule has 0 aliphatic carbocycles. The summed E-state index contributed by atoms with van der Waals surface area (Å²) in [4.78, 5) is 15.2. The van der Waals surface area contributed by atoms with Crippen molar-refractivity contribution in [2.24, 2.45) is 0 Å². The Morgan fingerprint density at radius 2 is 1.84 bits per heavy atom. The molecule has 2 aromatic carbocycles. The summed E-state index contributed by atoms with van der Waals surface area (Å²) < 4.78 is 17.5. The Hall–Kier alpha value is -2.99. The summed E-state index contributed by atoms with van der Waals surface area (Å²) in [5.41, 5.74) is 0.633. The molecule has 1 aliphatic heterocycles. The number of hydrogen-bond acceptors (Lipinski definition) is 6. The van der Waals surface area contributed by atoms with E-state index < -0.39 is 0 Å². The SMILES string of the molecule is COc1c(OCCCCN2CCCCC2)cc(O)c2c(=O)cc(-c3ccccc3)oc12. The van der Waals surface area contributed by atoms with Gasteiger partial charge in [0.15, 0.2) is 16.8 Å². The summed E-state index contributed by atoms with van der Waals surface area (Å²) in [5, 5.41) is 10.6. The number of benzene rings is 2. The van der Waals surface area contributed by atoms with Crippen molar-refractivity contribution >= 4 is 11.0 Å². The number of likely N-dealkylation sites (tertiary alicyclic amines) is 1. The van der Waals surface area contributed by atoms with Gasteiger partial charge in [-0.25, -0.2) is 0 Å². The van der Waals surface area contributed by atoms with Crippen LogP contribution in [0.25, 0.3) is 22.3 Å². The maximum absolute atomic E-state index is 12.7. The molecule has 31 heavy (non-hydrogen) atoms. The number of unbranched alkanes of at least 4 members (excludes halogenated alkanes) is 1. The third kappa shape index (κ3) is 4.85. The second-order valence-corrected chi connectivity index (χ2v) is 7.93. The minimum absolute atomic E-state index is 0.0916. The molecular weight excluding hydrogens is 394 g/mol. The lowest BCUT2D eigenvalue weighted by atomic mass is 10.1. The minimum atomic E-state index is -0.330. The van der Waals surface area contributed by atoms with E-state index in [0.717, 1.165) is 24.9 Å². The number of piperidine rings is 1. The number of fused-ring (bicyclic) bond motifs is 1. The van der Waals surface area contributed by atoms with E-state index in [9.17, 15) is 9.90 Å². The Labute approximate surface area is 182 Å². The molecule has 1 aromatic heterocycles. The lowest BCUT2D eigenvalue weighted by Gasteiger charge is -2.26. The molecule has 0 bridgehead atoms. The molecule has 4 rings (SSSR count). The van der Waals surface area contributed by atoms with Crippen molar-refractivity contribution in [1.29, 1.82) is 0 Å². The zero-order valence-corrected chi connectivity index (χ0v) is 17.9. The monoisotopic (exact) mass is 423 g/mol. The van der Waals surface area contributed by atoms with Crippen molar-refractivity contribution in [3.05, 3.63) is 52.7 Å². The van der Waals surface area contributed by atoms with Crippen LogP contribution < -0.4 is 14.9 Å². The van der Waals surface area contributed by atoms with Crippen LogP contribution in [0.5, 0.6) is 17.2 Å². The first kappa shape index (κ1) is 21.2. The molecule has 164 valence electrons. The van der Waals surface area contributed by atoms with Crippen molar-refractivity contribution in [2.75, 3.05) is 33.4 Å². The van der Waals surface area contributed by atoms with Crippen LogP contribution in [0.3, 0.4) is 0 Å². The van der Waals surface area contributed by atoms with E-state index in [1.807, 2.05) is 30.3 Å². The Balaban J connectivity index is 1.53. The summed E-state index contributed by atoms with van der Waals surface area (Å²) in [5.74, 6) is 0.930. The number of hydrogen-bond donors (Lipinski definition) is 1. The Morgan fingerprint density at radius 1 is 1.06 bits per heavy atom. The van der Waals surface area contributed by atoms with Crippen molar-refractivity contribution in [2.45, 2.75) is 32.1 Å². The molecule has 1 N–H and O–H groups in total. The van der Waals surface area contributed by atoms with Crippen LogP contribution in [0, 0.1) is 0 Å². The van der Waals surface area contributed by atoms with Gasteiger partial charge < -0.3 is 23.9 Å². The van der Waals surface area contributed by atoms with E-state index >= 15 is 0 Å². The van der Waals surface area contributed by atoms with E-state index in [2.05, 4.69) is 4.90 Å². The summed E-state index contributed by atoms with van der Waals surface area (Å²) in [6.07, 6.45) is 5.87. The number of phenolic OH excluding ortho intramolecular Hbond substituents is 1. The van der Waals surface area contributed by atoms with Gasteiger partial charge in [0.25, 0.3) is 0 Å². The summed E-state index contributed by atoms with van der Waals surface area (Å²) in [6.45, 7) is 3.96. The molecule has 0 radical (unpaired) electrons. The van der Waals surface area contributed by atoms with Crippen LogP contribution in [0.4, 0.5) is 0 Å². The van der Waals surface area contributed by atoms with Crippen LogP contribution >= 0.6 is 0 Å². The van der Waals surface area contributed by atoms with Gasteiger partial charge >= 0.3 is 0 Å². The van der Waals surface area contributed by atoms with Crippen LogP contribution in [-0.2, 0) is 0 Å². The Kier molecular flexibility index (Phi) is 6.77. The second-order valence-electron chi connectivity index (χ2n) is 7.93. The van der Waals surface area contributed by atoms with Crippen molar-refractivity contribution in [3.8, 4) is 28.6 Å². The molecule has 0 atom stereocenters. The van der Waals surface area contributed by atoms with Gasteiger partial charge in [-0.3, -0.25) is 4.79 Å². The zero-order valence-electron chi connectivity index (χ0n) is 17.9. The van der Waals surface area contributed by atoms with Crippen LogP contribution in [0.2, 0.25) is 0 Å². The second kappa shape index (κ2) is 9.88. The van der Waals surface area contributed by atoms with Gasteiger partial charge in [-0.05, 0) is 45.3 Å². The number of rotatable bonds is 8. The number of methoxy groups -OCH3 is 1. The fourth-order valence-electron chi connectivity index (χ4n) is 4.12. The Morgan fingerprint density at radius 3 is 2.58 bits per heavy atom. The molecule has 6 heteroatoms. The van der Waals surface area contributed by atoms with Crippen molar-refractivity contribution in [3.63, 3.8) is 0 Å². The number of phenols is 1. The molecule has 1 saturated heterocycles. The number of aromatic hydroxyl groups is 1. The third-order valence-corrected chi connectivity index (χ3v) is 5.74. The fraction of sp³-hybridized carbons (Fsp3) is 0.400. The first-order valence-corrected chi connectivity index (χ1v) is 11.0. The van der Waals surface area contributed by atoms with Crippen molar-refractivity contribution < 1.29 is 19.0 Å². The van der Waals surface area contributed by atoms with Gasteiger partial charge in [-0.1, -0.05) is 36.8 Å². The fourth-order valence-corrected chi connectivity index (χ4v) is 4.12. The first-order chi connectivity index (χ1) is 15.2. The summed E-state index contributed by atoms with van der Waals surface area (Å²) in [6, 6.07) is 12.2. The predicted molar refractivity (Wildman–Crippen MR) is 121 cm³/mol. The smallest absolute Gasteiger partial charge is 0.205 e. The van der Waals surface area contributed by atoms with E-state index in [1.165, 1.54) is 51.6 Å².